The van der Waals surface area contributed by atoms with E-state index in [1.54, 1.807) is 6.07 Å². The van der Waals surface area contributed by atoms with E-state index in [-0.39, 0.29) is 5.69 Å². The number of nitrogens with one attached hydrogen (secondary N) is 1. The molecule has 0 aliphatic heterocycles. The minimum Gasteiger partial charge on any atom is -0.494 e. The predicted molar refractivity (Wildman–Crippen MR) is 70.1 cm³/mol. The van der Waals surface area contributed by atoms with E-state index in [0.717, 1.165) is 18.0 Å². The number of hydrogen-bond donors (Lipinski definition) is 1. The molecule has 0 spiro atoms. The van der Waals surface area contributed by atoms with Crippen molar-refractivity contribution < 1.29 is 9.66 Å². The summed E-state index contributed by atoms with van der Waals surface area (Å²) in [4.78, 5) is 10.3. The Balaban J connectivity index is 2.08. The summed E-state index contributed by atoms with van der Waals surface area (Å²) in [6.07, 6.45) is 3.78. The van der Waals surface area contributed by atoms with Gasteiger partial charge in [-0.25, -0.2) is 0 Å². The Kier molecular flexibility index (Phi) is 3.69. The number of methoxy groups -OCH3 is 1. The van der Waals surface area contributed by atoms with Crippen LogP contribution >= 0.6 is 0 Å². The van der Waals surface area contributed by atoms with Gasteiger partial charge in [0, 0.05) is 12.1 Å². The third-order valence-corrected chi connectivity index (χ3v) is 3.18. The number of non-ortho nitro benzene ring substituents is 1. The van der Waals surface area contributed by atoms with Crippen LogP contribution in [0.2, 0.25) is 0 Å². The Labute approximate surface area is 106 Å². The highest BCUT2D eigenvalue weighted by Crippen LogP contribution is 2.35. The van der Waals surface area contributed by atoms with Crippen LogP contribution in [0, 0.1) is 16.0 Å². The second-order valence-electron chi connectivity index (χ2n) is 4.87. The first kappa shape index (κ1) is 12.7. The van der Waals surface area contributed by atoms with Crippen LogP contribution in [0.4, 0.5) is 11.4 Å². The number of nitro groups is 1. The van der Waals surface area contributed by atoms with Crippen molar-refractivity contribution in [1.29, 1.82) is 0 Å². The summed E-state index contributed by atoms with van der Waals surface area (Å²) in [5, 5.41) is 14.0. The lowest BCUT2D eigenvalue weighted by Gasteiger charge is -2.17. The van der Waals surface area contributed by atoms with E-state index in [1.807, 2.05) is 0 Å². The quantitative estimate of drug-likeness (QED) is 0.622. The normalized spacial score (nSPS) is 16.1. The average molecular weight is 250 g/mol. The maximum absolute atomic E-state index is 10.7. The molecule has 0 amide bonds. The highest BCUT2D eigenvalue weighted by molar-refractivity contribution is 5.61. The zero-order valence-electron chi connectivity index (χ0n) is 10.7. The van der Waals surface area contributed by atoms with Crippen molar-refractivity contribution in [2.24, 2.45) is 5.92 Å². The zero-order valence-corrected chi connectivity index (χ0v) is 10.7. The lowest BCUT2D eigenvalue weighted by molar-refractivity contribution is -0.384. The van der Waals surface area contributed by atoms with Crippen LogP contribution < -0.4 is 10.1 Å². The van der Waals surface area contributed by atoms with Crippen molar-refractivity contribution in [2.45, 2.75) is 32.2 Å². The average Bonchev–Trinajstić information content (AvgIpc) is 3.13. The maximum Gasteiger partial charge on any atom is 0.273 e. The molecule has 18 heavy (non-hydrogen) atoms. The van der Waals surface area contributed by atoms with E-state index in [1.165, 1.54) is 32.1 Å². The van der Waals surface area contributed by atoms with E-state index in [0.29, 0.717) is 11.8 Å². The van der Waals surface area contributed by atoms with Gasteiger partial charge in [0.2, 0.25) is 0 Å². The van der Waals surface area contributed by atoms with Gasteiger partial charge in [-0.3, -0.25) is 10.1 Å². The van der Waals surface area contributed by atoms with Crippen LogP contribution in [0.1, 0.15) is 26.2 Å². The Bertz CT molecular complexity index is 444. The molecule has 98 valence electrons. The van der Waals surface area contributed by atoms with Gasteiger partial charge in [0.05, 0.1) is 23.8 Å². The number of hydrogen-bond acceptors (Lipinski definition) is 4. The fourth-order valence-corrected chi connectivity index (χ4v) is 2.09. The van der Waals surface area contributed by atoms with Gasteiger partial charge in [0.1, 0.15) is 5.75 Å². The van der Waals surface area contributed by atoms with Crippen molar-refractivity contribution in [3.8, 4) is 5.75 Å². The molecule has 0 aromatic heterocycles. The molecule has 1 aromatic rings. The third kappa shape index (κ3) is 3.12. The zero-order chi connectivity index (χ0) is 13.1. The highest BCUT2D eigenvalue weighted by atomic mass is 16.6. The molecule has 1 aliphatic rings. The minimum atomic E-state index is -0.417. The molecule has 0 radical (unpaired) electrons. The molecule has 5 nitrogen and oxygen atoms in total. The number of anilines is 1. The number of rotatable bonds is 6. The van der Waals surface area contributed by atoms with Gasteiger partial charge in [-0.15, -0.1) is 0 Å². The van der Waals surface area contributed by atoms with Gasteiger partial charge >= 0.3 is 0 Å². The molecule has 0 saturated heterocycles. The van der Waals surface area contributed by atoms with Crippen molar-refractivity contribution in [2.75, 3.05) is 12.4 Å². The van der Waals surface area contributed by atoms with Crippen molar-refractivity contribution >= 4 is 11.4 Å². The second-order valence-corrected chi connectivity index (χ2v) is 4.87. The fourth-order valence-electron chi connectivity index (χ4n) is 2.09. The molecule has 1 atom stereocenters. The molecule has 1 saturated carbocycles. The SMILES string of the molecule is COc1cc([N+](=O)[O-])ccc1NC(C)CC1CC1. The Morgan fingerprint density at radius 2 is 2.28 bits per heavy atom. The molecule has 1 aromatic carbocycles. The summed E-state index contributed by atoms with van der Waals surface area (Å²) in [5.74, 6) is 1.36. The molecule has 0 bridgehead atoms. The van der Waals surface area contributed by atoms with E-state index >= 15 is 0 Å². The van der Waals surface area contributed by atoms with Gasteiger partial charge in [-0.05, 0) is 25.3 Å². The van der Waals surface area contributed by atoms with Crippen molar-refractivity contribution in [1.82, 2.24) is 0 Å². The highest BCUT2D eigenvalue weighted by Gasteiger charge is 2.24. The summed E-state index contributed by atoms with van der Waals surface area (Å²) < 4.78 is 5.19. The minimum absolute atomic E-state index is 0.0484. The predicted octanol–water partition coefficient (Wildman–Crippen LogP) is 3.20. The summed E-state index contributed by atoms with van der Waals surface area (Å²) in [5.41, 5.74) is 0.864. The first-order valence-electron chi connectivity index (χ1n) is 6.19. The molecule has 2 rings (SSSR count). The topological polar surface area (TPSA) is 64.4 Å². The standard InChI is InChI=1S/C13H18N2O3/c1-9(7-10-3-4-10)14-12-6-5-11(15(16)17)8-13(12)18-2/h5-6,8-10,14H,3-4,7H2,1-2H3. The Hall–Kier alpha value is -1.78. The first-order chi connectivity index (χ1) is 8.60. The molecule has 1 aliphatic carbocycles. The fraction of sp³-hybridized carbons (Fsp3) is 0.538. The summed E-state index contributed by atoms with van der Waals surface area (Å²) >= 11 is 0. The summed E-state index contributed by atoms with van der Waals surface area (Å²) in [6, 6.07) is 5.01. The van der Waals surface area contributed by atoms with Crippen LogP contribution in [0.3, 0.4) is 0 Å². The number of benzene rings is 1. The van der Waals surface area contributed by atoms with Crippen molar-refractivity contribution in [3.63, 3.8) is 0 Å². The second kappa shape index (κ2) is 5.25. The lowest BCUT2D eigenvalue weighted by atomic mass is 10.1. The third-order valence-electron chi connectivity index (χ3n) is 3.18. The van der Waals surface area contributed by atoms with Crippen LogP contribution in [-0.2, 0) is 0 Å². The van der Waals surface area contributed by atoms with Crippen molar-refractivity contribution in [3.05, 3.63) is 28.3 Å². The largest absolute Gasteiger partial charge is 0.494 e. The lowest BCUT2D eigenvalue weighted by Crippen LogP contribution is -2.16. The molecule has 1 unspecified atom stereocenters. The molecular weight excluding hydrogens is 232 g/mol. The maximum atomic E-state index is 10.7. The van der Waals surface area contributed by atoms with E-state index < -0.39 is 4.92 Å². The summed E-state index contributed by atoms with van der Waals surface area (Å²) in [6.45, 7) is 2.12. The van der Waals surface area contributed by atoms with Gasteiger partial charge in [-0.1, -0.05) is 12.8 Å². The smallest absolute Gasteiger partial charge is 0.273 e. The van der Waals surface area contributed by atoms with Gasteiger partial charge in [0.15, 0.2) is 0 Å². The Morgan fingerprint density at radius 3 is 2.83 bits per heavy atom. The van der Waals surface area contributed by atoms with Crippen LogP contribution in [0.15, 0.2) is 18.2 Å². The van der Waals surface area contributed by atoms with Crippen LogP contribution in [0.25, 0.3) is 0 Å². The monoisotopic (exact) mass is 250 g/mol. The molecular formula is C13H18N2O3. The summed E-state index contributed by atoms with van der Waals surface area (Å²) in [7, 11) is 1.52. The number of nitro benzene ring substituents is 1. The van der Waals surface area contributed by atoms with E-state index in [9.17, 15) is 10.1 Å². The molecule has 0 heterocycles. The van der Waals surface area contributed by atoms with Crippen LogP contribution in [0.5, 0.6) is 5.75 Å². The van der Waals surface area contributed by atoms with Gasteiger partial charge in [0.25, 0.3) is 5.69 Å². The van der Waals surface area contributed by atoms with Crippen LogP contribution in [-0.4, -0.2) is 18.1 Å². The Morgan fingerprint density at radius 1 is 1.56 bits per heavy atom. The first-order valence-corrected chi connectivity index (χ1v) is 6.19. The number of ether oxygens (including phenoxy) is 1. The molecule has 1 fully saturated rings. The van der Waals surface area contributed by atoms with E-state index in [2.05, 4.69) is 12.2 Å². The number of nitrogens with zero attached hydrogens (tertiary/aromatic N) is 1. The van der Waals surface area contributed by atoms with Gasteiger partial charge in [-0.2, -0.15) is 0 Å². The van der Waals surface area contributed by atoms with Gasteiger partial charge < -0.3 is 10.1 Å². The molecule has 1 N–H and O–H groups in total. The molecule has 5 heteroatoms. The van der Waals surface area contributed by atoms with E-state index in [4.69, 9.17) is 4.74 Å².